The van der Waals surface area contributed by atoms with Crippen molar-refractivity contribution in [1.82, 2.24) is 9.62 Å². The molecule has 250 valence electrons. The van der Waals surface area contributed by atoms with Crippen LogP contribution in [0.1, 0.15) is 36.8 Å². The molecule has 0 unspecified atom stereocenters. The van der Waals surface area contributed by atoms with Crippen LogP contribution in [0.4, 0.5) is 13.2 Å². The predicted molar refractivity (Wildman–Crippen MR) is 164 cm³/mol. The van der Waals surface area contributed by atoms with E-state index in [0.717, 1.165) is 24.5 Å². The van der Waals surface area contributed by atoms with Crippen molar-refractivity contribution < 1.29 is 44.1 Å². The van der Waals surface area contributed by atoms with Crippen molar-refractivity contribution in [2.24, 2.45) is 11.7 Å². The maximum Gasteiger partial charge on any atom is 0.294 e. The van der Waals surface area contributed by atoms with E-state index in [-0.39, 0.29) is 58.0 Å². The standard InChI is InChI=1S/C24H28F3N3O4S.C7H8O3S/c1-34-22-4-2-3-5-23(22)35(32,33)29-13-24(31)30-16-6-7-17(30)9-15(8-16)21(28)11-14-10-19(26)20(27)12-18(14)25;1-6-2-4-7(5-3-6)11(8,9)10/h2-5,10,12,15-17,21,29H,6-9,11,13,28H2,1H3;2-5H,1H3,(H,8,9,10)/t15-,16-,17+,21-;/m1./s1. The van der Waals surface area contributed by atoms with Gasteiger partial charge in [0.15, 0.2) is 11.6 Å². The van der Waals surface area contributed by atoms with Crippen LogP contribution in [0.5, 0.6) is 5.75 Å². The highest BCUT2D eigenvalue weighted by Gasteiger charge is 2.44. The molecule has 2 saturated heterocycles. The number of hydrogen-bond donors (Lipinski definition) is 3. The Bertz CT molecular complexity index is 1760. The number of nitrogens with zero attached hydrogens (tertiary/aromatic N) is 1. The third kappa shape index (κ3) is 8.45. The fourth-order valence-electron chi connectivity index (χ4n) is 5.99. The first-order valence-electron chi connectivity index (χ1n) is 14.5. The second-order valence-electron chi connectivity index (χ2n) is 11.4. The Morgan fingerprint density at radius 3 is 2.15 bits per heavy atom. The van der Waals surface area contributed by atoms with Crippen LogP contribution in [0.15, 0.2) is 70.5 Å². The topological polar surface area (TPSA) is 156 Å². The van der Waals surface area contributed by atoms with Gasteiger partial charge in [-0.25, -0.2) is 26.3 Å². The molecule has 2 bridgehead atoms. The van der Waals surface area contributed by atoms with Crippen LogP contribution < -0.4 is 15.2 Å². The van der Waals surface area contributed by atoms with Crippen molar-refractivity contribution in [2.75, 3.05) is 13.7 Å². The number of nitrogens with one attached hydrogen (secondary N) is 1. The highest BCUT2D eigenvalue weighted by Crippen LogP contribution is 2.40. The molecular formula is C31H36F3N3O7S2. The Labute approximate surface area is 266 Å². The van der Waals surface area contributed by atoms with Crippen LogP contribution in [-0.4, -0.2) is 64.0 Å². The summed E-state index contributed by atoms with van der Waals surface area (Å²) in [5.74, 6) is -3.38. The van der Waals surface area contributed by atoms with Gasteiger partial charge in [-0.15, -0.1) is 0 Å². The zero-order chi connectivity index (χ0) is 33.8. The quantitative estimate of drug-likeness (QED) is 0.226. The SMILES string of the molecule is COc1ccccc1S(=O)(=O)NCC(=O)N1[C@@H]2CC[C@H]1C[C@H]([C@H](N)Cc1cc(F)c(F)cc1F)C2.Cc1ccc(S(=O)(=O)O)cc1. The highest BCUT2D eigenvalue weighted by molar-refractivity contribution is 7.89. The number of piperidine rings is 1. The fourth-order valence-corrected chi connectivity index (χ4v) is 7.62. The lowest BCUT2D eigenvalue weighted by atomic mass is 9.82. The first kappa shape index (κ1) is 35.4. The molecule has 46 heavy (non-hydrogen) atoms. The maximum atomic E-state index is 14.1. The normalized spacial score (nSPS) is 20.1. The Kier molecular flexibility index (Phi) is 11.2. The van der Waals surface area contributed by atoms with Gasteiger partial charge in [-0.2, -0.15) is 8.42 Å². The van der Waals surface area contributed by atoms with Crippen molar-refractivity contribution in [3.63, 3.8) is 0 Å². The summed E-state index contributed by atoms with van der Waals surface area (Å²) in [6, 6.07) is 12.8. The number of benzene rings is 3. The molecule has 2 aliphatic heterocycles. The van der Waals surface area contributed by atoms with Crippen LogP contribution in [-0.2, 0) is 31.4 Å². The zero-order valence-electron chi connectivity index (χ0n) is 25.2. The average Bonchev–Trinajstić information content (AvgIpc) is 3.27. The van der Waals surface area contributed by atoms with Crippen molar-refractivity contribution in [2.45, 2.75) is 66.9 Å². The number of para-hydroxylation sites is 1. The van der Waals surface area contributed by atoms with E-state index in [1.54, 1.807) is 29.2 Å². The van der Waals surface area contributed by atoms with Crippen LogP contribution in [0.3, 0.4) is 0 Å². The lowest BCUT2D eigenvalue weighted by molar-refractivity contribution is -0.135. The molecule has 4 N–H and O–H groups in total. The molecule has 0 saturated carbocycles. The lowest BCUT2D eigenvalue weighted by Crippen LogP contribution is -2.52. The Balaban J connectivity index is 0.000000369. The monoisotopic (exact) mass is 683 g/mol. The Morgan fingerprint density at radius 1 is 0.978 bits per heavy atom. The molecule has 2 fully saturated rings. The number of ether oxygens (including phenoxy) is 1. The van der Waals surface area contributed by atoms with E-state index < -0.39 is 43.6 Å². The summed E-state index contributed by atoms with van der Waals surface area (Å²) < 4.78 is 103. The molecule has 2 heterocycles. The van der Waals surface area contributed by atoms with Gasteiger partial charge in [0.1, 0.15) is 16.5 Å². The smallest absolute Gasteiger partial charge is 0.294 e. The van der Waals surface area contributed by atoms with Crippen LogP contribution in [0, 0.1) is 30.3 Å². The molecule has 0 radical (unpaired) electrons. The number of rotatable bonds is 9. The van der Waals surface area contributed by atoms with Crippen LogP contribution in [0.2, 0.25) is 0 Å². The van der Waals surface area contributed by atoms with Gasteiger partial charge in [-0.1, -0.05) is 29.8 Å². The van der Waals surface area contributed by atoms with Gasteiger partial charge in [-0.05, 0) is 80.8 Å². The third-order valence-electron chi connectivity index (χ3n) is 8.30. The molecule has 3 aromatic carbocycles. The minimum atomic E-state index is -4.02. The number of carbonyl (C=O) groups is 1. The maximum absolute atomic E-state index is 14.1. The fraction of sp³-hybridized carbons (Fsp3) is 0.387. The number of fused-ring (bicyclic) bond motifs is 2. The highest BCUT2D eigenvalue weighted by atomic mass is 32.2. The second-order valence-corrected chi connectivity index (χ2v) is 14.6. The molecular weight excluding hydrogens is 647 g/mol. The van der Waals surface area contributed by atoms with E-state index in [4.69, 9.17) is 15.0 Å². The van der Waals surface area contributed by atoms with Gasteiger partial charge in [0, 0.05) is 24.2 Å². The third-order valence-corrected chi connectivity index (χ3v) is 10.6. The molecule has 1 amide bonds. The van der Waals surface area contributed by atoms with E-state index in [9.17, 15) is 34.8 Å². The van der Waals surface area contributed by atoms with Crippen LogP contribution >= 0.6 is 0 Å². The number of halogens is 3. The van der Waals surface area contributed by atoms with Gasteiger partial charge in [0.2, 0.25) is 15.9 Å². The summed E-state index contributed by atoms with van der Waals surface area (Å²) in [7, 11) is -6.61. The van der Waals surface area contributed by atoms with E-state index in [1.165, 1.54) is 31.4 Å². The number of carbonyl (C=O) groups excluding carboxylic acids is 1. The van der Waals surface area contributed by atoms with Gasteiger partial charge in [-0.3, -0.25) is 9.35 Å². The van der Waals surface area contributed by atoms with E-state index >= 15 is 0 Å². The molecule has 4 atom stereocenters. The number of aryl methyl sites for hydroxylation is 1. The summed E-state index contributed by atoms with van der Waals surface area (Å²) in [5.41, 5.74) is 7.31. The Morgan fingerprint density at radius 2 is 1.57 bits per heavy atom. The first-order valence-corrected chi connectivity index (χ1v) is 17.4. The summed E-state index contributed by atoms with van der Waals surface area (Å²) >= 11 is 0. The summed E-state index contributed by atoms with van der Waals surface area (Å²) in [6.45, 7) is 1.46. The van der Waals surface area contributed by atoms with Crippen molar-refractivity contribution in [1.29, 1.82) is 0 Å². The minimum absolute atomic E-state index is 0.0213. The molecule has 0 aliphatic carbocycles. The summed E-state index contributed by atoms with van der Waals surface area (Å²) in [5, 5.41) is 0. The van der Waals surface area contributed by atoms with Gasteiger partial charge in [0.25, 0.3) is 10.1 Å². The predicted octanol–water partition coefficient (Wildman–Crippen LogP) is 3.97. The van der Waals surface area contributed by atoms with E-state index in [2.05, 4.69) is 4.72 Å². The number of methoxy groups -OCH3 is 1. The van der Waals surface area contributed by atoms with E-state index in [1.807, 2.05) is 6.92 Å². The molecule has 15 heteroatoms. The van der Waals surface area contributed by atoms with Gasteiger partial charge in [0.05, 0.1) is 18.6 Å². The van der Waals surface area contributed by atoms with Crippen LogP contribution in [0.25, 0.3) is 0 Å². The van der Waals surface area contributed by atoms with Crippen molar-refractivity contribution in [3.05, 3.63) is 89.2 Å². The molecule has 0 spiro atoms. The minimum Gasteiger partial charge on any atom is -0.495 e. The van der Waals surface area contributed by atoms with E-state index in [0.29, 0.717) is 18.9 Å². The molecule has 5 rings (SSSR count). The number of hydrogen-bond acceptors (Lipinski definition) is 7. The molecule has 10 nitrogen and oxygen atoms in total. The molecule has 0 aromatic heterocycles. The van der Waals surface area contributed by atoms with Crippen molar-refractivity contribution in [3.8, 4) is 5.75 Å². The van der Waals surface area contributed by atoms with Gasteiger partial charge >= 0.3 is 0 Å². The molecule has 2 aliphatic rings. The summed E-state index contributed by atoms with van der Waals surface area (Å²) in [6.07, 6.45) is 2.73. The number of nitrogens with two attached hydrogens (primary N) is 1. The zero-order valence-corrected chi connectivity index (χ0v) is 26.8. The second kappa shape index (κ2) is 14.5. The first-order chi connectivity index (χ1) is 21.6. The molecule has 3 aromatic rings. The summed E-state index contributed by atoms with van der Waals surface area (Å²) in [4.78, 5) is 14.6. The number of sulfonamides is 1. The average molecular weight is 684 g/mol. The van der Waals surface area contributed by atoms with Crippen molar-refractivity contribution >= 4 is 26.0 Å². The lowest BCUT2D eigenvalue weighted by Gasteiger charge is -2.41. The van der Waals surface area contributed by atoms with Gasteiger partial charge < -0.3 is 15.4 Å². The largest absolute Gasteiger partial charge is 0.495 e. The number of amides is 1. The Hall–Kier alpha value is -3.50.